The standard InChI is InChI=1S/C24H24N2O3S2/c1-17-4-10-21(11-5-17)30-14-12-25-23(28)18-6-8-19(9-7-18)24-26(22(27)16-31-24)15-20-3-2-13-29-20/h2-11,13,24H,12,14-16H2,1H3,(H,25,28)/t24-/m0/s1. The monoisotopic (exact) mass is 452 g/mol. The van der Waals surface area contributed by atoms with Gasteiger partial charge in [-0.1, -0.05) is 29.8 Å². The molecule has 0 bridgehead atoms. The van der Waals surface area contributed by atoms with Crippen molar-refractivity contribution in [3.05, 3.63) is 89.4 Å². The van der Waals surface area contributed by atoms with Crippen molar-refractivity contribution < 1.29 is 14.0 Å². The molecule has 1 N–H and O–H groups in total. The van der Waals surface area contributed by atoms with Crippen molar-refractivity contribution >= 4 is 35.3 Å². The Morgan fingerprint density at radius 1 is 1.16 bits per heavy atom. The van der Waals surface area contributed by atoms with Gasteiger partial charge >= 0.3 is 0 Å². The zero-order valence-electron chi connectivity index (χ0n) is 17.2. The Kier molecular flexibility index (Phi) is 7.04. The van der Waals surface area contributed by atoms with Gasteiger partial charge in [-0.3, -0.25) is 9.59 Å². The maximum Gasteiger partial charge on any atom is 0.251 e. The van der Waals surface area contributed by atoms with Gasteiger partial charge in [-0.05, 0) is 48.9 Å². The normalized spacial score (nSPS) is 16.0. The lowest BCUT2D eigenvalue weighted by Gasteiger charge is -2.23. The second-order valence-electron chi connectivity index (χ2n) is 7.30. The van der Waals surface area contributed by atoms with Crippen LogP contribution >= 0.6 is 23.5 Å². The Morgan fingerprint density at radius 3 is 2.65 bits per heavy atom. The summed E-state index contributed by atoms with van der Waals surface area (Å²) in [6.07, 6.45) is 1.62. The van der Waals surface area contributed by atoms with Crippen molar-refractivity contribution in [3.63, 3.8) is 0 Å². The first-order chi connectivity index (χ1) is 15.1. The zero-order chi connectivity index (χ0) is 21.6. The van der Waals surface area contributed by atoms with Crippen molar-refractivity contribution in [1.29, 1.82) is 0 Å². The van der Waals surface area contributed by atoms with Gasteiger partial charge in [0.1, 0.15) is 11.1 Å². The largest absolute Gasteiger partial charge is 0.467 e. The highest BCUT2D eigenvalue weighted by Crippen LogP contribution is 2.39. The summed E-state index contributed by atoms with van der Waals surface area (Å²) >= 11 is 3.32. The minimum Gasteiger partial charge on any atom is -0.467 e. The molecule has 2 aromatic carbocycles. The van der Waals surface area contributed by atoms with Crippen LogP contribution in [0, 0.1) is 6.92 Å². The lowest BCUT2D eigenvalue weighted by atomic mass is 10.1. The molecule has 4 rings (SSSR count). The van der Waals surface area contributed by atoms with Crippen LogP contribution in [0.4, 0.5) is 0 Å². The van der Waals surface area contributed by atoms with E-state index in [2.05, 4.69) is 36.5 Å². The Labute approximate surface area is 190 Å². The molecule has 3 aromatic rings. The number of nitrogens with one attached hydrogen (secondary N) is 1. The molecule has 1 saturated heterocycles. The molecule has 0 unspecified atom stereocenters. The summed E-state index contributed by atoms with van der Waals surface area (Å²) in [6, 6.07) is 19.6. The van der Waals surface area contributed by atoms with Gasteiger partial charge in [0.2, 0.25) is 5.91 Å². The van der Waals surface area contributed by atoms with E-state index in [1.807, 2.05) is 41.3 Å². The third-order valence-corrected chi connectivity index (χ3v) is 7.28. The van der Waals surface area contributed by atoms with Crippen LogP contribution in [0.1, 0.15) is 32.6 Å². The number of amides is 2. The summed E-state index contributed by atoms with van der Waals surface area (Å²) in [5.41, 5.74) is 2.87. The predicted molar refractivity (Wildman–Crippen MR) is 125 cm³/mol. The minimum absolute atomic E-state index is 0.0689. The van der Waals surface area contributed by atoms with E-state index in [9.17, 15) is 9.59 Å². The fourth-order valence-corrected chi connectivity index (χ4v) is 5.30. The SMILES string of the molecule is Cc1ccc(SCCNC(=O)c2ccc([C@@H]3SCC(=O)N3Cc3ccco3)cc2)cc1. The highest BCUT2D eigenvalue weighted by molar-refractivity contribution is 8.00. The third kappa shape index (κ3) is 5.54. The van der Waals surface area contributed by atoms with Gasteiger partial charge in [0.25, 0.3) is 5.91 Å². The number of furan rings is 1. The van der Waals surface area contributed by atoms with Crippen LogP contribution in [-0.2, 0) is 11.3 Å². The maximum absolute atomic E-state index is 12.5. The lowest BCUT2D eigenvalue weighted by Crippen LogP contribution is -2.28. The minimum atomic E-state index is -0.0846. The number of hydrogen-bond acceptors (Lipinski definition) is 5. The highest BCUT2D eigenvalue weighted by Gasteiger charge is 2.33. The molecule has 2 heterocycles. The van der Waals surface area contributed by atoms with Crippen molar-refractivity contribution in [2.45, 2.75) is 23.7 Å². The van der Waals surface area contributed by atoms with Crippen LogP contribution in [0.15, 0.2) is 76.2 Å². The Morgan fingerprint density at radius 2 is 1.94 bits per heavy atom. The van der Waals surface area contributed by atoms with Gasteiger partial charge in [-0.15, -0.1) is 23.5 Å². The molecular formula is C24H24N2O3S2. The van der Waals surface area contributed by atoms with Crippen molar-refractivity contribution in [1.82, 2.24) is 10.2 Å². The number of rotatable bonds is 8. The molecule has 0 spiro atoms. The van der Waals surface area contributed by atoms with Crippen molar-refractivity contribution in [3.8, 4) is 0 Å². The predicted octanol–water partition coefficient (Wildman–Crippen LogP) is 4.88. The van der Waals surface area contributed by atoms with Gasteiger partial charge in [0.15, 0.2) is 0 Å². The van der Waals surface area contributed by atoms with Crippen molar-refractivity contribution in [2.75, 3.05) is 18.1 Å². The Hall–Kier alpha value is -2.64. The molecule has 1 fully saturated rings. The molecule has 1 aromatic heterocycles. The first-order valence-electron chi connectivity index (χ1n) is 10.1. The summed E-state index contributed by atoms with van der Waals surface area (Å²) in [5.74, 6) is 2.04. The van der Waals surface area contributed by atoms with E-state index in [0.29, 0.717) is 24.4 Å². The summed E-state index contributed by atoms with van der Waals surface area (Å²) < 4.78 is 5.40. The van der Waals surface area contributed by atoms with Crippen LogP contribution in [0.5, 0.6) is 0 Å². The summed E-state index contributed by atoms with van der Waals surface area (Å²) in [4.78, 5) is 27.8. The number of benzene rings is 2. The first-order valence-corrected chi connectivity index (χ1v) is 12.1. The molecule has 2 amide bonds. The van der Waals surface area contributed by atoms with Gasteiger partial charge in [0.05, 0.1) is 18.6 Å². The van der Waals surface area contributed by atoms with E-state index in [4.69, 9.17) is 4.42 Å². The summed E-state index contributed by atoms with van der Waals surface area (Å²) in [6.45, 7) is 3.12. The molecule has 1 aliphatic heterocycles. The average Bonchev–Trinajstić information content (AvgIpc) is 3.43. The number of thioether (sulfide) groups is 2. The Balaban J connectivity index is 1.30. The van der Waals surface area contributed by atoms with Crippen LogP contribution < -0.4 is 5.32 Å². The van der Waals surface area contributed by atoms with E-state index in [1.54, 1.807) is 29.8 Å². The topological polar surface area (TPSA) is 62.6 Å². The second kappa shape index (κ2) is 10.1. The molecule has 5 nitrogen and oxygen atoms in total. The molecule has 0 radical (unpaired) electrons. The summed E-state index contributed by atoms with van der Waals surface area (Å²) in [5, 5.41) is 2.90. The van der Waals surface area contributed by atoms with Gasteiger partial charge in [-0.2, -0.15) is 0 Å². The first kappa shape index (κ1) is 21.6. The molecule has 0 saturated carbocycles. The number of hydrogen-bond donors (Lipinski definition) is 1. The zero-order valence-corrected chi connectivity index (χ0v) is 18.9. The molecule has 31 heavy (non-hydrogen) atoms. The van der Waals surface area contributed by atoms with Gasteiger partial charge in [0, 0.05) is 22.8 Å². The van der Waals surface area contributed by atoms with Crippen molar-refractivity contribution in [2.24, 2.45) is 0 Å². The van der Waals surface area contributed by atoms with Gasteiger partial charge < -0.3 is 14.6 Å². The molecule has 160 valence electrons. The molecule has 7 heteroatoms. The number of carbonyl (C=O) groups is 2. The lowest BCUT2D eigenvalue weighted by molar-refractivity contribution is -0.128. The van der Waals surface area contributed by atoms with Gasteiger partial charge in [-0.25, -0.2) is 0 Å². The van der Waals surface area contributed by atoms with Crippen LogP contribution in [0.3, 0.4) is 0 Å². The van der Waals surface area contributed by atoms with E-state index in [1.165, 1.54) is 10.5 Å². The highest BCUT2D eigenvalue weighted by atomic mass is 32.2. The Bertz CT molecular complexity index is 1020. The number of carbonyl (C=O) groups excluding carboxylic acids is 2. The number of nitrogens with zero attached hydrogens (tertiary/aromatic N) is 1. The quantitative estimate of drug-likeness (QED) is 0.390. The molecular weight excluding hydrogens is 428 g/mol. The fraction of sp³-hybridized carbons (Fsp3) is 0.250. The van der Waals surface area contributed by atoms with E-state index in [0.717, 1.165) is 17.1 Å². The van der Waals surface area contributed by atoms with Crippen LogP contribution in [-0.4, -0.2) is 34.8 Å². The molecule has 0 aliphatic carbocycles. The third-order valence-electron chi connectivity index (χ3n) is 5.01. The van der Waals surface area contributed by atoms with Crippen LogP contribution in [0.25, 0.3) is 0 Å². The molecule has 1 aliphatic rings. The van der Waals surface area contributed by atoms with E-state index < -0.39 is 0 Å². The summed E-state index contributed by atoms with van der Waals surface area (Å²) in [7, 11) is 0. The smallest absolute Gasteiger partial charge is 0.251 e. The maximum atomic E-state index is 12.5. The van der Waals surface area contributed by atoms with Crippen LogP contribution in [0.2, 0.25) is 0 Å². The second-order valence-corrected chi connectivity index (χ2v) is 9.54. The van der Waals surface area contributed by atoms with E-state index >= 15 is 0 Å². The number of aryl methyl sites for hydroxylation is 1. The molecule has 1 atom stereocenters. The fourth-order valence-electron chi connectivity index (χ4n) is 3.34. The van der Waals surface area contributed by atoms with E-state index in [-0.39, 0.29) is 17.2 Å². The average molecular weight is 453 g/mol.